The Bertz CT molecular complexity index is 1820. The molecule has 1 rings (SSSR count). The molecule has 1 aromatic carbocycles. The average Bonchev–Trinajstić information content (AvgIpc) is 3.34. The molecule has 0 heterocycles. The number of nitrogens with two attached hydrogens (primary N) is 2. The zero-order valence-electron chi connectivity index (χ0n) is 44.2. The molecule has 22 heteroatoms. The van der Waals surface area contributed by atoms with Gasteiger partial charge in [-0.05, 0) is 57.4 Å². The lowest BCUT2D eigenvalue weighted by Gasteiger charge is -2.28. The van der Waals surface area contributed by atoms with E-state index in [4.69, 9.17) is 22.3 Å². The molecule has 0 aliphatic carbocycles. The quantitative estimate of drug-likeness (QED) is 0.0251. The lowest BCUT2D eigenvalue weighted by atomic mass is 10.00. The molecule has 0 spiro atoms. The third-order valence-corrected chi connectivity index (χ3v) is 12.2. The van der Waals surface area contributed by atoms with Gasteiger partial charge in [-0.25, -0.2) is 0 Å². The molecule has 0 saturated heterocycles. The molecule has 0 bridgehead atoms. The molecule has 7 amide bonds. The average molecular weight is 1030 g/mol. The summed E-state index contributed by atoms with van der Waals surface area (Å²) in [5.41, 5.74) is 11.4. The van der Waals surface area contributed by atoms with E-state index in [0.717, 1.165) is 19.3 Å². The van der Waals surface area contributed by atoms with Crippen molar-refractivity contribution >= 4 is 53.3 Å². The molecule has 1 aromatic rings. The van der Waals surface area contributed by atoms with Crippen molar-refractivity contribution in [1.29, 1.82) is 10.8 Å². The van der Waals surface area contributed by atoms with Crippen LogP contribution in [0.4, 0.5) is 0 Å². The van der Waals surface area contributed by atoms with Crippen LogP contribution in [0.3, 0.4) is 0 Å². The number of hydrogen-bond donors (Lipinski definition) is 15. The minimum Gasteiger partial charge on any atom is -0.394 e. The Hall–Kier alpha value is -6.03. The zero-order valence-corrected chi connectivity index (χ0v) is 44.2. The first kappa shape index (κ1) is 65.0. The van der Waals surface area contributed by atoms with Gasteiger partial charge in [0.25, 0.3) is 0 Å². The molecule has 0 aliphatic rings. The Labute approximate surface area is 433 Å². The SMILES string of the molecule is CCCCCCCCCCCCCCCC(=O)N[C@@H](C)C(=O)N[C@H](C(=O)N[C@@H](Cc1ccccc1)C(=O)N[C@@H](CCCNC(=N)N)C(=O)N[C@@H](CO)C(=O)N[C@@H](CO)C(=O)N[C@H](C)CCCNC(=N)N)C(C)C. The molecule has 414 valence electrons. The van der Waals surface area contributed by atoms with E-state index in [2.05, 4.69) is 54.8 Å². The van der Waals surface area contributed by atoms with Gasteiger partial charge in [-0.15, -0.1) is 0 Å². The van der Waals surface area contributed by atoms with Crippen LogP contribution in [0.1, 0.15) is 156 Å². The van der Waals surface area contributed by atoms with Crippen molar-refractivity contribution in [2.24, 2.45) is 17.4 Å². The first-order chi connectivity index (χ1) is 34.8. The van der Waals surface area contributed by atoms with Crippen molar-refractivity contribution < 1.29 is 43.8 Å². The highest BCUT2D eigenvalue weighted by Crippen LogP contribution is 2.14. The predicted octanol–water partition coefficient (Wildman–Crippen LogP) is 1.31. The van der Waals surface area contributed by atoms with Crippen LogP contribution in [-0.2, 0) is 40.0 Å². The van der Waals surface area contributed by atoms with Crippen LogP contribution in [0.15, 0.2) is 30.3 Å². The van der Waals surface area contributed by atoms with Crippen LogP contribution in [-0.4, -0.2) is 132 Å². The number of aliphatic hydroxyl groups is 2. The molecule has 0 fully saturated rings. The first-order valence-corrected chi connectivity index (χ1v) is 26.4. The van der Waals surface area contributed by atoms with Crippen LogP contribution in [0.25, 0.3) is 0 Å². The second-order valence-electron chi connectivity index (χ2n) is 19.2. The van der Waals surface area contributed by atoms with Gasteiger partial charge in [0.2, 0.25) is 41.4 Å². The molecule has 0 radical (unpaired) electrons. The summed E-state index contributed by atoms with van der Waals surface area (Å²) in [7, 11) is 0. The standard InChI is InChI=1S/C51H91N13O9/c1-6-7-8-9-10-11-12-13-14-15-16-17-21-28-42(67)59-36(5)44(68)64-43(34(2)3)49(73)61-39(31-37-25-19-18-20-26-37)46(70)60-38(27-23-30-57-51(54)55)45(69)62-41(33-66)48(72)63-40(32-65)47(71)58-35(4)24-22-29-56-50(52)53/h18-20,25-26,34-36,38-41,43,65-66H,6-17,21-24,27-33H2,1-5H3,(H,58,71)(H,59,67)(H,60,70)(H,61,73)(H,62,69)(H,63,72)(H,64,68)(H4,52,53,56)(H4,54,55,57)/t35-,36+,38+,39+,40+,41+,43+/m1/s1. The number of amides is 7. The van der Waals surface area contributed by atoms with Crippen molar-refractivity contribution in [1.82, 2.24) is 47.9 Å². The second-order valence-corrected chi connectivity index (χ2v) is 19.2. The molecule has 0 saturated carbocycles. The lowest BCUT2D eigenvalue weighted by Crippen LogP contribution is -2.61. The second kappa shape index (κ2) is 38.6. The van der Waals surface area contributed by atoms with E-state index in [0.29, 0.717) is 31.4 Å². The van der Waals surface area contributed by atoms with Crippen LogP contribution in [0.5, 0.6) is 0 Å². The maximum Gasteiger partial charge on any atom is 0.245 e. The fourth-order valence-corrected chi connectivity index (χ4v) is 7.87. The summed E-state index contributed by atoms with van der Waals surface area (Å²) in [6, 6.07) is 0.509. The fraction of sp³-hybridized carbons (Fsp3) is 0.706. The highest BCUT2D eigenvalue weighted by Gasteiger charge is 2.34. The number of guanidine groups is 2. The van der Waals surface area contributed by atoms with Gasteiger partial charge in [0, 0.05) is 32.0 Å². The summed E-state index contributed by atoms with van der Waals surface area (Å²) in [5, 5.41) is 58.4. The Morgan fingerprint density at radius 1 is 0.507 bits per heavy atom. The van der Waals surface area contributed by atoms with Gasteiger partial charge in [-0.1, -0.05) is 128 Å². The van der Waals surface area contributed by atoms with Crippen molar-refractivity contribution in [3.05, 3.63) is 35.9 Å². The van der Waals surface area contributed by atoms with E-state index in [1.54, 1.807) is 51.1 Å². The van der Waals surface area contributed by atoms with Crippen molar-refractivity contribution in [3.8, 4) is 0 Å². The van der Waals surface area contributed by atoms with E-state index in [1.807, 2.05) is 0 Å². The van der Waals surface area contributed by atoms with E-state index in [-0.39, 0.29) is 56.1 Å². The van der Waals surface area contributed by atoms with Crippen LogP contribution < -0.4 is 59.3 Å². The summed E-state index contributed by atoms with van der Waals surface area (Å²) in [4.78, 5) is 94.6. The van der Waals surface area contributed by atoms with E-state index in [9.17, 15) is 43.8 Å². The minimum atomic E-state index is -1.64. The maximum absolute atomic E-state index is 14.2. The third-order valence-electron chi connectivity index (χ3n) is 12.2. The Balaban J connectivity index is 3.05. The largest absolute Gasteiger partial charge is 0.394 e. The van der Waals surface area contributed by atoms with Gasteiger partial charge >= 0.3 is 0 Å². The third kappa shape index (κ3) is 29.9. The van der Waals surface area contributed by atoms with Crippen LogP contribution in [0, 0.1) is 16.7 Å². The van der Waals surface area contributed by atoms with Gasteiger partial charge in [0.05, 0.1) is 13.2 Å². The number of carbonyl (C=O) groups is 7. The van der Waals surface area contributed by atoms with E-state index >= 15 is 0 Å². The molecule has 7 atom stereocenters. The van der Waals surface area contributed by atoms with Crippen molar-refractivity contribution in [3.63, 3.8) is 0 Å². The highest BCUT2D eigenvalue weighted by molar-refractivity contribution is 5.97. The van der Waals surface area contributed by atoms with Gasteiger partial charge in [0.1, 0.15) is 36.3 Å². The summed E-state index contributed by atoms with van der Waals surface area (Å²) in [6.07, 6.45) is 16.7. The number of carbonyl (C=O) groups excluding carboxylic acids is 7. The highest BCUT2D eigenvalue weighted by atomic mass is 16.3. The smallest absolute Gasteiger partial charge is 0.245 e. The Morgan fingerprint density at radius 3 is 1.44 bits per heavy atom. The number of aliphatic hydroxyl groups excluding tert-OH is 2. The van der Waals surface area contributed by atoms with Crippen LogP contribution in [0.2, 0.25) is 0 Å². The summed E-state index contributed by atoms with van der Waals surface area (Å²) >= 11 is 0. The number of unbranched alkanes of at least 4 members (excludes halogenated alkanes) is 12. The van der Waals surface area contributed by atoms with Crippen molar-refractivity contribution in [2.45, 2.75) is 199 Å². The molecular formula is C51H91N13O9. The topological polar surface area (TPSA) is 368 Å². The molecule has 0 aromatic heterocycles. The summed E-state index contributed by atoms with van der Waals surface area (Å²) < 4.78 is 0. The Morgan fingerprint density at radius 2 is 0.945 bits per heavy atom. The molecule has 73 heavy (non-hydrogen) atoms. The van der Waals surface area contributed by atoms with Crippen LogP contribution >= 0.6 is 0 Å². The normalized spacial score (nSPS) is 13.9. The maximum atomic E-state index is 14.2. The number of rotatable bonds is 40. The molecule has 0 unspecified atom stereocenters. The molecule has 17 N–H and O–H groups in total. The zero-order chi connectivity index (χ0) is 54.6. The molecule has 0 aliphatic heterocycles. The fourth-order valence-electron chi connectivity index (χ4n) is 7.87. The summed E-state index contributed by atoms with van der Waals surface area (Å²) in [6.45, 7) is 7.67. The minimum absolute atomic E-state index is 0.0384. The van der Waals surface area contributed by atoms with Gasteiger partial charge < -0.3 is 69.5 Å². The number of nitrogens with one attached hydrogen (secondary N) is 11. The molecule has 22 nitrogen and oxygen atoms in total. The first-order valence-electron chi connectivity index (χ1n) is 26.4. The molecular weight excluding hydrogens is 939 g/mol. The summed E-state index contributed by atoms with van der Waals surface area (Å²) in [5.74, 6) is -5.99. The lowest BCUT2D eigenvalue weighted by molar-refractivity contribution is -0.136. The van der Waals surface area contributed by atoms with Crippen molar-refractivity contribution in [2.75, 3.05) is 26.3 Å². The predicted molar refractivity (Wildman–Crippen MR) is 283 cm³/mol. The van der Waals surface area contributed by atoms with Gasteiger partial charge in [0.15, 0.2) is 11.9 Å². The van der Waals surface area contributed by atoms with Gasteiger partial charge in [-0.2, -0.15) is 0 Å². The van der Waals surface area contributed by atoms with E-state index in [1.165, 1.54) is 64.7 Å². The number of benzene rings is 1. The van der Waals surface area contributed by atoms with E-state index < -0.39 is 90.8 Å². The monoisotopic (exact) mass is 1030 g/mol. The number of hydrogen-bond acceptors (Lipinski definition) is 11. The van der Waals surface area contributed by atoms with Gasteiger partial charge in [-0.3, -0.25) is 44.4 Å². The Kier molecular flexibility index (Phi) is 34.3.